The number of ether oxygens (including phenoxy) is 1. The molecule has 0 radical (unpaired) electrons. The zero-order valence-electron chi connectivity index (χ0n) is 16.0. The lowest BCUT2D eigenvalue weighted by molar-refractivity contribution is 0.0500. The summed E-state index contributed by atoms with van der Waals surface area (Å²) in [5.74, 6) is -1.11. The van der Waals surface area contributed by atoms with Crippen LogP contribution in [0, 0.1) is 6.92 Å². The van der Waals surface area contributed by atoms with E-state index in [0.717, 1.165) is 11.3 Å². The number of aryl methyl sites for hydroxylation is 2. The number of nitrogens with one attached hydrogen (secondary N) is 1. The van der Waals surface area contributed by atoms with E-state index in [4.69, 9.17) is 13.6 Å². The van der Waals surface area contributed by atoms with Crippen LogP contribution in [0.1, 0.15) is 32.2 Å². The molecule has 8 nitrogen and oxygen atoms in total. The van der Waals surface area contributed by atoms with Crippen LogP contribution in [0.4, 0.5) is 5.00 Å². The quantitative estimate of drug-likeness (QED) is 0.353. The second-order valence-electron chi connectivity index (χ2n) is 6.53. The summed E-state index contributed by atoms with van der Waals surface area (Å²) in [4.78, 5) is 36.8. The molecule has 0 spiro atoms. The van der Waals surface area contributed by atoms with Gasteiger partial charge in [-0.1, -0.05) is 12.1 Å². The van der Waals surface area contributed by atoms with E-state index in [1.807, 2.05) is 6.07 Å². The molecule has 1 aromatic carbocycles. The first-order chi connectivity index (χ1) is 14.5. The topological polar surface area (TPSA) is 104 Å². The Morgan fingerprint density at radius 1 is 1.20 bits per heavy atom. The van der Waals surface area contributed by atoms with Crippen LogP contribution in [0.3, 0.4) is 0 Å². The Balaban J connectivity index is 1.33. The predicted molar refractivity (Wildman–Crippen MR) is 111 cm³/mol. The molecule has 1 amide bonds. The molecular formula is C21H18N2O6S. The highest BCUT2D eigenvalue weighted by molar-refractivity contribution is 7.18. The van der Waals surface area contributed by atoms with Crippen molar-refractivity contribution in [2.24, 2.45) is 0 Å². The molecule has 0 saturated carbocycles. The third kappa shape index (κ3) is 4.06. The number of hydrogen-bond donors (Lipinski definition) is 1. The minimum Gasteiger partial charge on any atom is -0.461 e. The second-order valence-corrected chi connectivity index (χ2v) is 7.58. The van der Waals surface area contributed by atoms with Gasteiger partial charge in [0.15, 0.2) is 11.3 Å². The molecule has 0 unspecified atom stereocenters. The number of rotatable bonds is 7. The Bertz CT molecular complexity index is 1250. The molecule has 0 fully saturated rings. The van der Waals surface area contributed by atoms with Gasteiger partial charge in [0.2, 0.25) is 0 Å². The molecule has 0 aliphatic heterocycles. The van der Waals surface area contributed by atoms with Gasteiger partial charge in [-0.05, 0) is 49.2 Å². The minimum absolute atomic E-state index is 0.149. The number of carbonyl (C=O) groups is 2. The second kappa shape index (κ2) is 8.42. The fourth-order valence-corrected chi connectivity index (χ4v) is 3.97. The standard InChI is InChI=1S/C21H18N2O6S/c1-13-12-17(22-19(24)16-8-4-10-27-16)30-18(13)20(25)28-11-5-9-23-14-6-2-3-7-15(14)29-21(23)26/h2-4,6-8,10,12H,5,9,11H2,1H3,(H,22,24). The van der Waals surface area contributed by atoms with Crippen LogP contribution in [-0.4, -0.2) is 23.1 Å². The zero-order chi connectivity index (χ0) is 21.1. The number of para-hydroxylation sites is 2. The van der Waals surface area contributed by atoms with Gasteiger partial charge >= 0.3 is 11.7 Å². The molecule has 3 heterocycles. The monoisotopic (exact) mass is 426 g/mol. The Labute approximate surface area is 174 Å². The van der Waals surface area contributed by atoms with Gasteiger partial charge in [0.1, 0.15) is 4.88 Å². The molecule has 9 heteroatoms. The minimum atomic E-state index is -0.472. The van der Waals surface area contributed by atoms with Gasteiger partial charge in [0, 0.05) is 6.54 Å². The predicted octanol–water partition coefficient (Wildman–Crippen LogP) is 4.06. The number of furan rings is 1. The van der Waals surface area contributed by atoms with E-state index < -0.39 is 11.7 Å². The van der Waals surface area contributed by atoms with E-state index in [1.165, 1.54) is 10.8 Å². The molecule has 154 valence electrons. The largest absolute Gasteiger partial charge is 0.461 e. The molecular weight excluding hydrogens is 408 g/mol. The number of fused-ring (bicyclic) bond motifs is 1. The van der Waals surface area contributed by atoms with E-state index in [2.05, 4.69) is 5.32 Å². The average Bonchev–Trinajstić information content (AvgIpc) is 3.44. The lowest BCUT2D eigenvalue weighted by atomic mass is 10.3. The van der Waals surface area contributed by atoms with E-state index in [-0.39, 0.29) is 18.3 Å². The van der Waals surface area contributed by atoms with Crippen molar-refractivity contribution in [2.75, 3.05) is 11.9 Å². The SMILES string of the molecule is Cc1cc(NC(=O)c2ccco2)sc1C(=O)OCCCn1c(=O)oc2ccccc21. The van der Waals surface area contributed by atoms with Crippen molar-refractivity contribution >= 4 is 39.3 Å². The summed E-state index contributed by atoms with van der Waals surface area (Å²) >= 11 is 1.13. The average molecular weight is 426 g/mol. The molecule has 1 N–H and O–H groups in total. The number of oxazole rings is 1. The van der Waals surface area contributed by atoms with Gasteiger partial charge in [-0.15, -0.1) is 11.3 Å². The molecule has 3 aromatic heterocycles. The molecule has 4 rings (SSSR count). The maximum absolute atomic E-state index is 12.4. The van der Waals surface area contributed by atoms with Gasteiger partial charge in [-0.25, -0.2) is 9.59 Å². The highest BCUT2D eigenvalue weighted by atomic mass is 32.1. The number of esters is 1. The summed E-state index contributed by atoms with van der Waals surface area (Å²) in [6, 6.07) is 12.0. The highest BCUT2D eigenvalue weighted by Crippen LogP contribution is 2.28. The third-order valence-electron chi connectivity index (χ3n) is 4.42. The number of nitrogens with zero attached hydrogens (tertiary/aromatic N) is 1. The van der Waals surface area contributed by atoms with Crippen molar-refractivity contribution in [3.63, 3.8) is 0 Å². The summed E-state index contributed by atoms with van der Waals surface area (Å²) in [5.41, 5.74) is 1.94. The highest BCUT2D eigenvalue weighted by Gasteiger charge is 2.18. The third-order valence-corrected chi connectivity index (χ3v) is 5.55. The summed E-state index contributed by atoms with van der Waals surface area (Å²) in [7, 11) is 0. The number of thiophene rings is 1. The lowest BCUT2D eigenvalue weighted by Crippen LogP contribution is -2.16. The maximum atomic E-state index is 12.4. The first kappa shape index (κ1) is 19.7. The Hall–Kier alpha value is -3.59. The summed E-state index contributed by atoms with van der Waals surface area (Å²) in [6.45, 7) is 2.29. The van der Waals surface area contributed by atoms with Crippen molar-refractivity contribution < 1.29 is 23.2 Å². The van der Waals surface area contributed by atoms with Gasteiger partial charge in [0.05, 0.1) is 23.4 Å². The first-order valence-electron chi connectivity index (χ1n) is 9.23. The molecule has 0 saturated heterocycles. The number of benzene rings is 1. The maximum Gasteiger partial charge on any atom is 0.419 e. The molecule has 0 atom stereocenters. The lowest BCUT2D eigenvalue weighted by Gasteiger charge is -2.05. The van der Waals surface area contributed by atoms with Gasteiger partial charge in [0.25, 0.3) is 5.91 Å². The summed E-state index contributed by atoms with van der Waals surface area (Å²) in [6.07, 6.45) is 1.87. The van der Waals surface area contributed by atoms with Crippen molar-refractivity contribution in [1.29, 1.82) is 0 Å². The zero-order valence-corrected chi connectivity index (χ0v) is 16.9. The number of carbonyl (C=O) groups excluding carboxylic acids is 2. The number of anilines is 1. The Morgan fingerprint density at radius 3 is 2.83 bits per heavy atom. The number of amides is 1. The van der Waals surface area contributed by atoms with E-state index >= 15 is 0 Å². The van der Waals surface area contributed by atoms with Crippen molar-refractivity contribution in [3.05, 3.63) is 75.5 Å². The fourth-order valence-electron chi connectivity index (χ4n) is 3.01. The van der Waals surface area contributed by atoms with Crippen LogP contribution in [0.5, 0.6) is 0 Å². The van der Waals surface area contributed by atoms with Crippen molar-refractivity contribution in [2.45, 2.75) is 19.9 Å². The molecule has 0 aliphatic carbocycles. The van der Waals surface area contributed by atoms with Crippen LogP contribution in [-0.2, 0) is 11.3 Å². The van der Waals surface area contributed by atoms with Gasteiger partial charge in [-0.2, -0.15) is 0 Å². The molecule has 30 heavy (non-hydrogen) atoms. The Kier molecular flexibility index (Phi) is 5.53. The molecule has 4 aromatic rings. The number of hydrogen-bond acceptors (Lipinski definition) is 7. The molecule has 0 aliphatic rings. The van der Waals surface area contributed by atoms with Gasteiger partial charge < -0.3 is 18.9 Å². The summed E-state index contributed by atoms with van der Waals surface area (Å²) in [5, 5.41) is 3.22. The van der Waals surface area contributed by atoms with E-state index in [9.17, 15) is 14.4 Å². The summed E-state index contributed by atoms with van der Waals surface area (Å²) < 4.78 is 17.1. The number of aromatic nitrogens is 1. The van der Waals surface area contributed by atoms with E-state index in [0.29, 0.717) is 39.5 Å². The van der Waals surface area contributed by atoms with Crippen LogP contribution < -0.4 is 11.1 Å². The Morgan fingerprint density at radius 2 is 2.03 bits per heavy atom. The smallest absolute Gasteiger partial charge is 0.419 e. The van der Waals surface area contributed by atoms with Crippen molar-refractivity contribution in [3.8, 4) is 0 Å². The fraction of sp³-hybridized carbons (Fsp3) is 0.190. The molecule has 0 bridgehead atoms. The van der Waals surface area contributed by atoms with Crippen LogP contribution in [0.2, 0.25) is 0 Å². The van der Waals surface area contributed by atoms with E-state index in [1.54, 1.807) is 43.3 Å². The van der Waals surface area contributed by atoms with Crippen molar-refractivity contribution in [1.82, 2.24) is 4.57 Å². The van der Waals surface area contributed by atoms with Crippen LogP contribution in [0.25, 0.3) is 11.1 Å². The first-order valence-corrected chi connectivity index (χ1v) is 10.1. The normalized spacial score (nSPS) is 11.0. The van der Waals surface area contributed by atoms with Crippen LogP contribution in [0.15, 0.2) is 62.4 Å². The van der Waals surface area contributed by atoms with Gasteiger partial charge in [-0.3, -0.25) is 9.36 Å². The van der Waals surface area contributed by atoms with Crippen LogP contribution >= 0.6 is 11.3 Å².